The van der Waals surface area contributed by atoms with Gasteiger partial charge in [-0.05, 0) is 85.3 Å². The second kappa shape index (κ2) is 10.9. The van der Waals surface area contributed by atoms with Crippen LogP contribution in [0.1, 0.15) is 12.0 Å². The van der Waals surface area contributed by atoms with E-state index in [4.69, 9.17) is 9.47 Å². The molecule has 0 unspecified atom stereocenters. The van der Waals surface area contributed by atoms with Crippen LogP contribution in [0.3, 0.4) is 0 Å². The molecule has 0 bridgehead atoms. The molecule has 124 valence electrons. The molecule has 10 radical (unpaired) electrons. The molecule has 5 heteroatoms. The van der Waals surface area contributed by atoms with Crippen molar-refractivity contribution < 1.29 is 26.5 Å². The van der Waals surface area contributed by atoms with Crippen LogP contribution in [0.25, 0.3) is 0 Å². The van der Waals surface area contributed by atoms with Gasteiger partial charge in [-0.3, -0.25) is 4.98 Å². The van der Waals surface area contributed by atoms with E-state index in [0.29, 0.717) is 0 Å². The zero-order chi connectivity index (χ0) is 15.9. The van der Waals surface area contributed by atoms with Crippen LogP contribution in [-0.4, -0.2) is 24.5 Å². The van der Waals surface area contributed by atoms with Crippen molar-refractivity contribution in [2.24, 2.45) is 0 Å². The van der Waals surface area contributed by atoms with E-state index >= 15 is 0 Å². The van der Waals surface area contributed by atoms with Crippen molar-refractivity contribution in [2.45, 2.75) is 12.7 Å². The van der Waals surface area contributed by atoms with Crippen molar-refractivity contribution in [1.29, 1.82) is 0 Å². The fraction of sp³-hybridized carbons (Fsp3) is 0.211. The third-order valence-corrected chi connectivity index (χ3v) is 4.18. The van der Waals surface area contributed by atoms with E-state index in [1.807, 2.05) is 44.6 Å². The molecule has 0 spiro atoms. The SMILES string of the molecule is Brc1cnccc1[C]1[CH][CH][CH][C]1C1OCCCO1.[CH]1[CH][CH][CH][CH]1.[Fe+2]. The van der Waals surface area contributed by atoms with Crippen molar-refractivity contribution in [3.8, 4) is 0 Å². The van der Waals surface area contributed by atoms with Gasteiger partial charge in [0.05, 0.1) is 13.2 Å². The van der Waals surface area contributed by atoms with Crippen LogP contribution in [0, 0.1) is 63.2 Å². The first kappa shape index (κ1) is 20.4. The Balaban J connectivity index is 0.000000300. The van der Waals surface area contributed by atoms with Crippen LogP contribution in [0.5, 0.6) is 0 Å². The minimum absolute atomic E-state index is 0. The Bertz CT molecular complexity index is 471. The Kier molecular flexibility index (Phi) is 9.28. The van der Waals surface area contributed by atoms with Crippen molar-refractivity contribution in [3.63, 3.8) is 0 Å². The van der Waals surface area contributed by atoms with Gasteiger partial charge in [-0.1, -0.05) is 0 Å². The van der Waals surface area contributed by atoms with Crippen LogP contribution >= 0.6 is 15.9 Å². The van der Waals surface area contributed by atoms with Gasteiger partial charge in [0.25, 0.3) is 0 Å². The van der Waals surface area contributed by atoms with E-state index in [9.17, 15) is 0 Å². The molecule has 3 fully saturated rings. The van der Waals surface area contributed by atoms with Crippen LogP contribution in [-0.2, 0) is 26.5 Å². The maximum atomic E-state index is 5.67. The normalized spacial score (nSPS) is 22.7. The summed E-state index contributed by atoms with van der Waals surface area (Å²) in [7, 11) is 0. The third-order valence-electron chi connectivity index (χ3n) is 3.55. The molecule has 2 aliphatic carbocycles. The van der Waals surface area contributed by atoms with Crippen LogP contribution in [0.15, 0.2) is 22.9 Å². The fourth-order valence-corrected chi connectivity index (χ4v) is 2.93. The standard InChI is InChI=1S/C14H13BrNO2.C5H5.Fe/c15-13-9-16-6-5-11(13)10-3-1-4-12(10)14-17-7-2-8-18-14;1-2-4-5-3-1;/h1,3-6,9,14H,2,7-8H2;1-5H;/q;;+2. The Morgan fingerprint density at radius 2 is 1.62 bits per heavy atom. The molecule has 0 aromatic carbocycles. The second-order valence-electron chi connectivity index (χ2n) is 5.14. The molecule has 0 amide bonds. The number of rotatable bonds is 2. The van der Waals surface area contributed by atoms with Gasteiger partial charge in [-0.2, -0.15) is 0 Å². The predicted molar refractivity (Wildman–Crippen MR) is 92.2 cm³/mol. The van der Waals surface area contributed by atoms with Crippen LogP contribution in [0.2, 0.25) is 0 Å². The number of aromatic nitrogens is 1. The Labute approximate surface area is 164 Å². The number of ether oxygens (including phenoxy) is 2. The van der Waals surface area contributed by atoms with Crippen molar-refractivity contribution >= 4 is 15.9 Å². The van der Waals surface area contributed by atoms with Gasteiger partial charge >= 0.3 is 17.1 Å². The zero-order valence-electron chi connectivity index (χ0n) is 13.0. The van der Waals surface area contributed by atoms with Crippen molar-refractivity contribution in [3.05, 3.63) is 91.7 Å². The Morgan fingerprint density at radius 3 is 2.25 bits per heavy atom. The topological polar surface area (TPSA) is 31.4 Å². The summed E-state index contributed by atoms with van der Waals surface area (Å²) >= 11 is 3.53. The molecule has 1 aromatic rings. The minimum atomic E-state index is -0.246. The Morgan fingerprint density at radius 1 is 0.958 bits per heavy atom. The summed E-state index contributed by atoms with van der Waals surface area (Å²) in [4.78, 5) is 4.09. The van der Waals surface area contributed by atoms with Gasteiger partial charge in [-0.15, -0.1) is 0 Å². The summed E-state index contributed by atoms with van der Waals surface area (Å²) in [5.41, 5.74) is 1.11. The van der Waals surface area contributed by atoms with E-state index in [0.717, 1.165) is 41.5 Å². The van der Waals surface area contributed by atoms with Gasteiger partial charge in [0.15, 0.2) is 6.29 Å². The van der Waals surface area contributed by atoms with Gasteiger partial charge in [-0.25, -0.2) is 0 Å². The van der Waals surface area contributed by atoms with E-state index in [1.54, 1.807) is 12.4 Å². The van der Waals surface area contributed by atoms with E-state index < -0.39 is 0 Å². The predicted octanol–water partition coefficient (Wildman–Crippen LogP) is 3.75. The van der Waals surface area contributed by atoms with Crippen LogP contribution in [0.4, 0.5) is 0 Å². The minimum Gasteiger partial charge on any atom is -0.352 e. The van der Waals surface area contributed by atoms with Crippen molar-refractivity contribution in [2.75, 3.05) is 13.2 Å². The maximum Gasteiger partial charge on any atom is 2.00 e. The molecule has 1 saturated heterocycles. The summed E-state index contributed by atoms with van der Waals surface area (Å²) in [6.45, 7) is 1.51. The molecule has 1 aliphatic heterocycles. The third kappa shape index (κ3) is 5.54. The quantitative estimate of drug-likeness (QED) is 0.673. The summed E-state index contributed by atoms with van der Waals surface area (Å²) in [6, 6.07) is 1.99. The molecular formula is C19H18BrFeNO2+2. The monoisotopic (exact) mass is 427 g/mol. The molecule has 1 aromatic heterocycles. The smallest absolute Gasteiger partial charge is 0.352 e. The number of hydrogen-bond acceptors (Lipinski definition) is 3. The summed E-state index contributed by atoms with van der Waals surface area (Å²) in [5.74, 6) is 2.22. The van der Waals surface area contributed by atoms with E-state index in [2.05, 4.69) is 33.8 Å². The molecule has 3 aliphatic rings. The number of nitrogens with zero attached hydrogens (tertiary/aromatic N) is 1. The molecule has 24 heavy (non-hydrogen) atoms. The molecule has 3 nitrogen and oxygen atoms in total. The van der Waals surface area contributed by atoms with E-state index in [-0.39, 0.29) is 23.4 Å². The summed E-state index contributed by atoms with van der Waals surface area (Å²) < 4.78 is 12.3. The van der Waals surface area contributed by atoms with Gasteiger partial charge in [0, 0.05) is 28.7 Å². The summed E-state index contributed by atoms with van der Waals surface area (Å²) in [5, 5.41) is 0. The first-order valence-electron chi connectivity index (χ1n) is 7.61. The fourth-order valence-electron chi connectivity index (χ4n) is 2.47. The average Bonchev–Trinajstić information content (AvgIpc) is 3.31. The first-order chi connectivity index (χ1) is 11.4. The zero-order valence-corrected chi connectivity index (χ0v) is 15.7. The molecule has 2 saturated carbocycles. The van der Waals surface area contributed by atoms with Gasteiger partial charge in [0.2, 0.25) is 0 Å². The number of pyridine rings is 1. The maximum absolute atomic E-state index is 5.67. The molecule has 2 heterocycles. The number of halogens is 1. The average molecular weight is 428 g/mol. The number of hydrogen-bond donors (Lipinski definition) is 0. The molecule has 0 atom stereocenters. The van der Waals surface area contributed by atoms with Crippen LogP contribution < -0.4 is 0 Å². The second-order valence-corrected chi connectivity index (χ2v) is 5.99. The van der Waals surface area contributed by atoms with Gasteiger partial charge in [0.1, 0.15) is 0 Å². The van der Waals surface area contributed by atoms with E-state index in [1.165, 1.54) is 0 Å². The molecule has 4 rings (SSSR count). The molecule has 0 N–H and O–H groups in total. The summed E-state index contributed by atoms with van der Waals surface area (Å²) in [6.07, 6.45) is 20.5. The first-order valence-corrected chi connectivity index (χ1v) is 8.41. The largest absolute Gasteiger partial charge is 2.00 e. The Hall–Kier alpha value is 0.0695. The molecular weight excluding hydrogens is 410 g/mol. The van der Waals surface area contributed by atoms with Crippen molar-refractivity contribution in [1.82, 2.24) is 4.98 Å². The van der Waals surface area contributed by atoms with Gasteiger partial charge < -0.3 is 9.47 Å².